The van der Waals surface area contributed by atoms with Crippen molar-refractivity contribution in [3.05, 3.63) is 64.6 Å². The van der Waals surface area contributed by atoms with Gasteiger partial charge in [-0.1, -0.05) is 17.7 Å². The van der Waals surface area contributed by atoms with Crippen LogP contribution in [0.3, 0.4) is 0 Å². The third kappa shape index (κ3) is 3.91. The number of nitrogens with zero attached hydrogens (tertiary/aromatic N) is 2. The summed E-state index contributed by atoms with van der Waals surface area (Å²) in [6, 6.07) is 12.6. The monoisotopic (exact) mass is 391 g/mol. The molecule has 6 nitrogen and oxygen atoms in total. The van der Waals surface area contributed by atoms with Gasteiger partial charge in [-0.25, -0.2) is 13.4 Å². The summed E-state index contributed by atoms with van der Waals surface area (Å²) in [5.41, 5.74) is 0.214. The maximum absolute atomic E-state index is 12.3. The van der Waals surface area contributed by atoms with Crippen LogP contribution in [0, 0.1) is 11.3 Å². The number of anilines is 1. The van der Waals surface area contributed by atoms with Crippen molar-refractivity contribution in [1.29, 1.82) is 5.26 Å². The number of nitriles is 1. The van der Waals surface area contributed by atoms with Gasteiger partial charge in [0.2, 0.25) is 0 Å². The second kappa shape index (κ2) is 7.11. The first-order valence-electron chi connectivity index (χ1n) is 6.88. The lowest BCUT2D eigenvalue weighted by atomic mass is 10.2. The topological polar surface area (TPSA) is 92.1 Å². The Labute approximate surface area is 153 Å². The summed E-state index contributed by atoms with van der Waals surface area (Å²) in [5.74, 6) is 0.679. The Kier molecular flexibility index (Phi) is 4.90. The highest BCUT2D eigenvalue weighted by atomic mass is 35.5. The molecule has 0 spiro atoms. The van der Waals surface area contributed by atoms with E-state index in [0.717, 1.165) is 0 Å². The van der Waals surface area contributed by atoms with Crippen LogP contribution >= 0.6 is 22.9 Å². The summed E-state index contributed by atoms with van der Waals surface area (Å²) < 4.78 is 32.5. The highest BCUT2D eigenvalue weighted by Gasteiger charge is 2.16. The van der Waals surface area contributed by atoms with Gasteiger partial charge in [0.05, 0.1) is 9.92 Å². The van der Waals surface area contributed by atoms with Crippen LogP contribution in [0.25, 0.3) is 0 Å². The number of benzene rings is 2. The molecule has 0 amide bonds. The molecule has 0 aliphatic rings. The van der Waals surface area contributed by atoms with E-state index >= 15 is 0 Å². The van der Waals surface area contributed by atoms with Gasteiger partial charge in [0.15, 0.2) is 5.13 Å². The summed E-state index contributed by atoms with van der Waals surface area (Å²) in [7, 11) is -3.72. The molecule has 0 unspecified atom stereocenters. The van der Waals surface area contributed by atoms with E-state index < -0.39 is 10.0 Å². The molecule has 0 saturated carbocycles. The lowest BCUT2D eigenvalue weighted by molar-refractivity contribution is 0.480. The number of hydrogen-bond donors (Lipinski definition) is 1. The first-order chi connectivity index (χ1) is 12.0. The minimum absolute atomic E-state index is 0.0710. The van der Waals surface area contributed by atoms with E-state index in [2.05, 4.69) is 9.71 Å². The highest BCUT2D eigenvalue weighted by molar-refractivity contribution is 7.93. The molecular formula is C16H10ClN3O3S2. The van der Waals surface area contributed by atoms with Gasteiger partial charge < -0.3 is 4.74 Å². The number of nitrogens with one attached hydrogen (secondary N) is 1. The van der Waals surface area contributed by atoms with Gasteiger partial charge >= 0.3 is 0 Å². The number of hydrogen-bond acceptors (Lipinski definition) is 6. The number of ether oxygens (including phenoxy) is 1. The van der Waals surface area contributed by atoms with Crippen molar-refractivity contribution in [2.45, 2.75) is 4.90 Å². The number of rotatable bonds is 5. The fraction of sp³-hybridized carbons (Fsp3) is 0. The van der Waals surface area contributed by atoms with Crippen LogP contribution in [-0.2, 0) is 10.0 Å². The Morgan fingerprint density at radius 1 is 1.20 bits per heavy atom. The van der Waals surface area contributed by atoms with Crippen LogP contribution in [0.1, 0.15) is 5.56 Å². The molecule has 9 heteroatoms. The molecule has 3 rings (SSSR count). The number of sulfonamides is 1. The molecule has 0 fully saturated rings. The average molecular weight is 392 g/mol. The van der Waals surface area contributed by atoms with Gasteiger partial charge in [0.1, 0.15) is 23.1 Å². The fourth-order valence-electron chi connectivity index (χ4n) is 1.96. The zero-order chi connectivity index (χ0) is 17.9. The molecule has 1 N–H and O–H groups in total. The Morgan fingerprint density at radius 3 is 2.60 bits per heavy atom. The molecule has 126 valence electrons. The van der Waals surface area contributed by atoms with E-state index in [1.165, 1.54) is 41.8 Å². The predicted molar refractivity (Wildman–Crippen MR) is 95.6 cm³/mol. The zero-order valence-corrected chi connectivity index (χ0v) is 14.9. The van der Waals surface area contributed by atoms with Crippen molar-refractivity contribution in [2.75, 3.05) is 4.72 Å². The molecule has 2 aromatic carbocycles. The first kappa shape index (κ1) is 17.2. The average Bonchev–Trinajstić information content (AvgIpc) is 3.08. The molecule has 0 bridgehead atoms. The van der Waals surface area contributed by atoms with Crippen molar-refractivity contribution < 1.29 is 13.2 Å². The van der Waals surface area contributed by atoms with Gasteiger partial charge in [-0.3, -0.25) is 4.72 Å². The lowest BCUT2D eigenvalue weighted by Gasteiger charge is -2.09. The highest BCUT2D eigenvalue weighted by Crippen LogP contribution is 2.30. The fourth-order valence-corrected chi connectivity index (χ4v) is 3.96. The predicted octanol–water partition coefficient (Wildman–Crippen LogP) is 4.26. The minimum Gasteiger partial charge on any atom is -0.456 e. The quantitative estimate of drug-likeness (QED) is 0.701. The van der Waals surface area contributed by atoms with E-state index in [0.29, 0.717) is 11.5 Å². The van der Waals surface area contributed by atoms with Crippen molar-refractivity contribution in [1.82, 2.24) is 4.98 Å². The number of aromatic nitrogens is 1. The summed E-state index contributed by atoms with van der Waals surface area (Å²) in [4.78, 5) is 3.96. The third-order valence-electron chi connectivity index (χ3n) is 3.10. The first-order valence-corrected chi connectivity index (χ1v) is 9.62. The van der Waals surface area contributed by atoms with Gasteiger partial charge in [-0.05, 0) is 36.4 Å². The number of halogens is 1. The second-order valence-corrected chi connectivity index (χ2v) is 7.73. The molecule has 1 aromatic heterocycles. The van der Waals surface area contributed by atoms with Crippen LogP contribution in [0.15, 0.2) is 58.9 Å². The normalized spacial score (nSPS) is 10.9. The van der Waals surface area contributed by atoms with Crippen LogP contribution in [0.5, 0.6) is 11.5 Å². The molecule has 3 aromatic rings. The van der Waals surface area contributed by atoms with Crippen LogP contribution in [0.4, 0.5) is 5.13 Å². The van der Waals surface area contributed by atoms with Crippen LogP contribution in [-0.4, -0.2) is 13.4 Å². The maximum atomic E-state index is 12.3. The standard InChI is InChI=1S/C16H10ClN3O3S2/c17-14-2-1-3-15(13(14)10-18)23-11-4-6-12(7-5-11)25(21,22)20-16-19-8-9-24-16/h1-9H,(H,19,20). The van der Waals surface area contributed by atoms with E-state index in [1.54, 1.807) is 23.6 Å². The molecule has 1 heterocycles. The zero-order valence-electron chi connectivity index (χ0n) is 12.5. The minimum atomic E-state index is -3.72. The molecule has 0 radical (unpaired) electrons. The van der Waals surface area contributed by atoms with Gasteiger partial charge in [-0.15, -0.1) is 11.3 Å². The Bertz CT molecular complexity index is 1030. The summed E-state index contributed by atoms with van der Waals surface area (Å²) in [6.45, 7) is 0. The Morgan fingerprint density at radius 2 is 1.96 bits per heavy atom. The van der Waals surface area contributed by atoms with Crippen molar-refractivity contribution in [3.8, 4) is 17.6 Å². The molecule has 25 heavy (non-hydrogen) atoms. The maximum Gasteiger partial charge on any atom is 0.263 e. The lowest BCUT2D eigenvalue weighted by Crippen LogP contribution is -2.12. The molecular weight excluding hydrogens is 382 g/mol. The smallest absolute Gasteiger partial charge is 0.263 e. The Hall–Kier alpha value is -2.60. The molecule has 0 aliphatic carbocycles. The SMILES string of the molecule is N#Cc1c(Cl)cccc1Oc1ccc(S(=O)(=O)Nc2nccs2)cc1. The molecule has 0 aliphatic heterocycles. The van der Waals surface area contributed by atoms with E-state index in [9.17, 15) is 8.42 Å². The van der Waals surface area contributed by atoms with Gasteiger partial charge in [0, 0.05) is 11.6 Å². The van der Waals surface area contributed by atoms with Gasteiger partial charge in [0.25, 0.3) is 10.0 Å². The largest absolute Gasteiger partial charge is 0.456 e. The van der Waals surface area contributed by atoms with E-state index in [1.807, 2.05) is 6.07 Å². The van der Waals surface area contributed by atoms with E-state index in [-0.39, 0.29) is 20.6 Å². The van der Waals surface area contributed by atoms with Crippen molar-refractivity contribution >= 4 is 38.1 Å². The van der Waals surface area contributed by atoms with Crippen LogP contribution in [0.2, 0.25) is 5.02 Å². The van der Waals surface area contributed by atoms with Gasteiger partial charge in [-0.2, -0.15) is 5.26 Å². The Balaban J connectivity index is 1.81. The molecule has 0 saturated heterocycles. The second-order valence-electron chi connectivity index (χ2n) is 4.74. The summed E-state index contributed by atoms with van der Waals surface area (Å²) in [6.07, 6.45) is 1.51. The summed E-state index contributed by atoms with van der Waals surface area (Å²) in [5, 5.41) is 11.4. The van der Waals surface area contributed by atoms with Crippen LogP contribution < -0.4 is 9.46 Å². The van der Waals surface area contributed by atoms with Crippen molar-refractivity contribution in [3.63, 3.8) is 0 Å². The van der Waals surface area contributed by atoms with E-state index in [4.69, 9.17) is 21.6 Å². The van der Waals surface area contributed by atoms with Crippen molar-refractivity contribution in [2.24, 2.45) is 0 Å². The molecule has 0 atom stereocenters. The number of thiazole rings is 1. The third-order valence-corrected chi connectivity index (χ3v) is 5.59. The summed E-state index contributed by atoms with van der Waals surface area (Å²) >= 11 is 7.14.